The predicted molar refractivity (Wildman–Crippen MR) is 73.6 cm³/mol. The molecule has 3 N–H and O–H groups in total. The van der Waals surface area contributed by atoms with Gasteiger partial charge in [0.15, 0.2) is 0 Å². The Balaban J connectivity index is 2.72. The van der Waals surface area contributed by atoms with Gasteiger partial charge in [0, 0.05) is 6.07 Å². The molecular formula is C13H16F2N2OS. The fourth-order valence-electron chi connectivity index (χ4n) is 1.63. The molecule has 1 rings (SSSR count). The molecule has 1 atom stereocenters. The lowest BCUT2D eigenvalue weighted by Crippen LogP contribution is -2.47. The third-order valence-corrected chi connectivity index (χ3v) is 2.91. The number of halogens is 2. The largest absolute Gasteiger partial charge is 0.392 e. The fraction of sp³-hybridized carbons (Fsp3) is 0.385. The second kappa shape index (κ2) is 6.56. The lowest BCUT2D eigenvalue weighted by Gasteiger charge is -2.21. The summed E-state index contributed by atoms with van der Waals surface area (Å²) in [6, 6.07) is 2.66. The van der Waals surface area contributed by atoms with E-state index >= 15 is 0 Å². The van der Waals surface area contributed by atoms with Crippen LogP contribution >= 0.6 is 12.2 Å². The van der Waals surface area contributed by atoms with Crippen molar-refractivity contribution in [2.24, 2.45) is 11.7 Å². The molecule has 0 aromatic heterocycles. The molecule has 0 saturated heterocycles. The monoisotopic (exact) mass is 286 g/mol. The molecule has 1 aromatic carbocycles. The highest BCUT2D eigenvalue weighted by Gasteiger charge is 2.19. The zero-order chi connectivity index (χ0) is 14.6. The van der Waals surface area contributed by atoms with E-state index in [-0.39, 0.29) is 22.9 Å². The van der Waals surface area contributed by atoms with Crippen molar-refractivity contribution >= 4 is 23.1 Å². The molecule has 104 valence electrons. The molecule has 0 heterocycles. The normalized spacial score (nSPS) is 12.3. The quantitative estimate of drug-likeness (QED) is 0.813. The topological polar surface area (TPSA) is 55.1 Å². The van der Waals surface area contributed by atoms with Crippen molar-refractivity contribution in [1.29, 1.82) is 0 Å². The molecular weight excluding hydrogens is 270 g/mol. The summed E-state index contributed by atoms with van der Waals surface area (Å²) in [4.78, 5) is 12.0. The summed E-state index contributed by atoms with van der Waals surface area (Å²) >= 11 is 4.86. The highest BCUT2D eigenvalue weighted by molar-refractivity contribution is 7.80. The van der Waals surface area contributed by atoms with Gasteiger partial charge in [-0.1, -0.05) is 32.1 Å². The number of thiocarbonyl (C=S) groups is 1. The summed E-state index contributed by atoms with van der Waals surface area (Å²) < 4.78 is 26.1. The first-order chi connectivity index (χ1) is 8.81. The minimum absolute atomic E-state index is 0.0412. The summed E-state index contributed by atoms with van der Waals surface area (Å²) in [5.41, 5.74) is 5.65. The average molecular weight is 286 g/mol. The number of hydrogen-bond donors (Lipinski definition) is 2. The molecule has 1 aromatic rings. The molecule has 19 heavy (non-hydrogen) atoms. The highest BCUT2D eigenvalue weighted by atomic mass is 32.1. The number of hydrogen-bond acceptors (Lipinski definition) is 2. The molecule has 3 nitrogen and oxygen atoms in total. The Morgan fingerprint density at radius 3 is 2.53 bits per heavy atom. The van der Waals surface area contributed by atoms with Crippen LogP contribution in [-0.2, 0) is 11.2 Å². The maximum absolute atomic E-state index is 13.4. The van der Waals surface area contributed by atoms with Crippen molar-refractivity contribution in [1.82, 2.24) is 5.32 Å². The van der Waals surface area contributed by atoms with Gasteiger partial charge in [-0.15, -0.1) is 0 Å². The first-order valence-electron chi connectivity index (χ1n) is 5.84. The van der Waals surface area contributed by atoms with Crippen LogP contribution in [0.3, 0.4) is 0 Å². The van der Waals surface area contributed by atoms with Crippen LogP contribution in [0.1, 0.15) is 19.4 Å². The first kappa shape index (κ1) is 15.5. The summed E-state index contributed by atoms with van der Waals surface area (Å²) in [6.07, 6.45) is -0.183. The van der Waals surface area contributed by atoms with E-state index in [2.05, 4.69) is 5.32 Å². The molecule has 1 amide bonds. The second-order valence-electron chi connectivity index (χ2n) is 4.60. The fourth-order valence-corrected chi connectivity index (χ4v) is 1.96. The summed E-state index contributed by atoms with van der Waals surface area (Å²) in [5.74, 6) is -1.78. The third kappa shape index (κ3) is 4.55. The molecule has 0 bridgehead atoms. The molecule has 0 aliphatic heterocycles. The van der Waals surface area contributed by atoms with Crippen LogP contribution in [0.25, 0.3) is 0 Å². The molecule has 0 aliphatic rings. The van der Waals surface area contributed by atoms with Crippen LogP contribution in [0.2, 0.25) is 0 Å². The number of nitrogens with two attached hydrogens (primary N) is 1. The van der Waals surface area contributed by atoms with Gasteiger partial charge in [0.05, 0.1) is 17.5 Å². The van der Waals surface area contributed by atoms with Gasteiger partial charge in [-0.2, -0.15) is 0 Å². The minimum Gasteiger partial charge on any atom is -0.392 e. The predicted octanol–water partition coefficient (Wildman–Crippen LogP) is 1.93. The number of benzene rings is 1. The number of carbonyl (C=O) groups excluding carboxylic acids is 1. The van der Waals surface area contributed by atoms with E-state index < -0.39 is 23.6 Å². The van der Waals surface area contributed by atoms with Crippen LogP contribution < -0.4 is 11.1 Å². The Bertz CT molecular complexity index is 492. The van der Waals surface area contributed by atoms with E-state index in [4.69, 9.17) is 18.0 Å². The van der Waals surface area contributed by atoms with Gasteiger partial charge >= 0.3 is 0 Å². The van der Waals surface area contributed by atoms with Gasteiger partial charge in [0.2, 0.25) is 5.91 Å². The Morgan fingerprint density at radius 2 is 2.05 bits per heavy atom. The molecule has 0 spiro atoms. The van der Waals surface area contributed by atoms with Crippen molar-refractivity contribution < 1.29 is 13.6 Å². The molecule has 1 unspecified atom stereocenters. The van der Waals surface area contributed by atoms with Crippen LogP contribution in [0.15, 0.2) is 18.2 Å². The Morgan fingerprint density at radius 1 is 1.42 bits per heavy atom. The molecule has 0 fully saturated rings. The lowest BCUT2D eigenvalue weighted by atomic mass is 10.0. The van der Waals surface area contributed by atoms with Gasteiger partial charge in [0.25, 0.3) is 0 Å². The number of amides is 1. The highest BCUT2D eigenvalue weighted by Crippen LogP contribution is 2.10. The zero-order valence-corrected chi connectivity index (χ0v) is 11.6. The van der Waals surface area contributed by atoms with E-state index in [1.807, 2.05) is 13.8 Å². The van der Waals surface area contributed by atoms with Crippen molar-refractivity contribution in [3.05, 3.63) is 35.4 Å². The van der Waals surface area contributed by atoms with E-state index in [0.29, 0.717) is 0 Å². The Kier molecular flexibility index (Phi) is 5.35. The molecule has 6 heteroatoms. The van der Waals surface area contributed by atoms with Crippen LogP contribution in [0.4, 0.5) is 8.78 Å². The maximum atomic E-state index is 13.4. The number of carbonyl (C=O) groups is 1. The van der Waals surface area contributed by atoms with E-state index in [9.17, 15) is 13.6 Å². The Hall–Kier alpha value is -1.56. The van der Waals surface area contributed by atoms with Crippen molar-refractivity contribution in [3.63, 3.8) is 0 Å². The van der Waals surface area contributed by atoms with E-state index in [1.165, 1.54) is 6.07 Å². The summed E-state index contributed by atoms with van der Waals surface area (Å²) in [5, 5.41) is 2.64. The molecule has 0 aliphatic carbocycles. The third-order valence-electron chi connectivity index (χ3n) is 2.66. The van der Waals surface area contributed by atoms with Gasteiger partial charge in [-0.3, -0.25) is 4.79 Å². The summed E-state index contributed by atoms with van der Waals surface area (Å²) in [7, 11) is 0. The van der Waals surface area contributed by atoms with Gasteiger partial charge in [-0.25, -0.2) is 8.78 Å². The van der Waals surface area contributed by atoms with Crippen molar-refractivity contribution in [3.8, 4) is 0 Å². The second-order valence-corrected chi connectivity index (χ2v) is 5.08. The van der Waals surface area contributed by atoms with Crippen molar-refractivity contribution in [2.45, 2.75) is 26.3 Å². The average Bonchev–Trinajstić information content (AvgIpc) is 2.29. The standard InChI is InChI=1S/C13H16F2N2OS/c1-7(2)12(13(16)19)17-11(18)5-8-3-4-9(14)6-10(8)15/h3-4,6-7,12H,5H2,1-2H3,(H2,16,19)(H,17,18). The van der Waals surface area contributed by atoms with E-state index in [1.54, 1.807) is 0 Å². The van der Waals surface area contributed by atoms with E-state index in [0.717, 1.165) is 12.1 Å². The van der Waals surface area contributed by atoms with Crippen LogP contribution in [-0.4, -0.2) is 16.9 Å². The van der Waals surface area contributed by atoms with Crippen LogP contribution in [0, 0.1) is 17.6 Å². The van der Waals surface area contributed by atoms with Crippen molar-refractivity contribution in [2.75, 3.05) is 0 Å². The molecule has 0 saturated carbocycles. The number of rotatable bonds is 5. The Labute approximate surface area is 116 Å². The minimum atomic E-state index is -0.744. The van der Waals surface area contributed by atoms with Gasteiger partial charge in [0.1, 0.15) is 11.6 Å². The lowest BCUT2D eigenvalue weighted by molar-refractivity contribution is -0.121. The van der Waals surface area contributed by atoms with Gasteiger partial charge < -0.3 is 11.1 Å². The number of nitrogens with one attached hydrogen (secondary N) is 1. The zero-order valence-electron chi connectivity index (χ0n) is 10.7. The first-order valence-corrected chi connectivity index (χ1v) is 6.24. The SMILES string of the molecule is CC(C)C(NC(=O)Cc1ccc(F)cc1F)C(N)=S. The molecule has 0 radical (unpaired) electrons. The maximum Gasteiger partial charge on any atom is 0.225 e. The summed E-state index contributed by atoms with van der Waals surface area (Å²) in [6.45, 7) is 3.73. The van der Waals surface area contributed by atoms with Crippen LogP contribution in [0.5, 0.6) is 0 Å². The van der Waals surface area contributed by atoms with Gasteiger partial charge in [-0.05, 0) is 17.5 Å². The smallest absolute Gasteiger partial charge is 0.225 e.